The van der Waals surface area contributed by atoms with Gasteiger partial charge in [-0.05, 0) is 33.0 Å². The minimum absolute atomic E-state index is 0. The number of carbonyl (C=O) groups is 1. The number of nitrogens with zero attached hydrogens (tertiary/aromatic N) is 1. The van der Waals surface area contributed by atoms with E-state index in [4.69, 9.17) is 0 Å². The van der Waals surface area contributed by atoms with E-state index < -0.39 is 5.97 Å². The van der Waals surface area contributed by atoms with Crippen molar-refractivity contribution in [1.82, 2.24) is 10.2 Å². The van der Waals surface area contributed by atoms with Crippen LogP contribution in [-0.4, -0.2) is 43.6 Å². The quantitative estimate of drug-likeness (QED) is 0.460. The largest absolute Gasteiger partial charge is 1.00 e. The van der Waals surface area contributed by atoms with Gasteiger partial charge in [-0.25, -0.2) is 0 Å². The van der Waals surface area contributed by atoms with Gasteiger partial charge in [-0.1, -0.05) is 0 Å². The third kappa shape index (κ3) is 4.98. The molecule has 0 aliphatic carbocycles. The van der Waals surface area contributed by atoms with Crippen LogP contribution in [0.15, 0.2) is 0 Å². The van der Waals surface area contributed by atoms with Crippen LogP contribution in [0.25, 0.3) is 0 Å². The van der Waals surface area contributed by atoms with E-state index in [1.54, 1.807) is 0 Å². The second kappa shape index (κ2) is 6.79. The summed E-state index contributed by atoms with van der Waals surface area (Å²) in [7, 11) is 1.84. The molecule has 1 heterocycles. The number of carboxylic acids is 1. The predicted octanol–water partition coefficient (Wildman–Crippen LogP) is -4.58. The first kappa shape index (κ1) is 13.4. The van der Waals surface area contributed by atoms with E-state index in [1.165, 1.54) is 0 Å². The van der Waals surface area contributed by atoms with Gasteiger partial charge < -0.3 is 15.2 Å². The minimum atomic E-state index is -0.990. The average Bonchev–Trinajstić information content (AvgIpc) is 2.05. The van der Waals surface area contributed by atoms with E-state index in [9.17, 15) is 9.90 Å². The number of nitrogens with one attached hydrogen (secondary N) is 1. The van der Waals surface area contributed by atoms with Crippen molar-refractivity contribution in [2.24, 2.45) is 0 Å². The van der Waals surface area contributed by atoms with Crippen molar-refractivity contribution in [3.8, 4) is 0 Å². The predicted molar refractivity (Wildman–Crippen MR) is 43.5 cm³/mol. The first-order valence-corrected chi connectivity index (χ1v) is 4.31. The van der Waals surface area contributed by atoms with E-state index >= 15 is 0 Å². The van der Waals surface area contributed by atoms with Crippen molar-refractivity contribution in [2.75, 3.05) is 26.7 Å². The fourth-order valence-electron chi connectivity index (χ4n) is 1.58. The summed E-state index contributed by atoms with van der Waals surface area (Å²) in [6.07, 6.45) is 2.06. The Morgan fingerprint density at radius 2 is 2.08 bits per heavy atom. The van der Waals surface area contributed by atoms with E-state index in [1.807, 2.05) is 11.9 Å². The van der Waals surface area contributed by atoms with Gasteiger partial charge >= 0.3 is 29.6 Å². The number of carbonyl (C=O) groups excluding carboxylic acids is 1. The molecule has 0 aromatic rings. The molecular weight excluding hydrogens is 179 g/mol. The molecule has 1 saturated heterocycles. The summed E-state index contributed by atoms with van der Waals surface area (Å²) in [6, 6.07) is 0.407. The molecule has 0 bridgehead atoms. The molecule has 1 N–H and O–H groups in total. The summed E-state index contributed by atoms with van der Waals surface area (Å²) < 4.78 is 0. The zero-order valence-corrected chi connectivity index (χ0v) is 10.4. The summed E-state index contributed by atoms with van der Waals surface area (Å²) in [4.78, 5) is 12.1. The molecule has 1 aliphatic heterocycles. The molecule has 0 radical (unpaired) electrons. The summed E-state index contributed by atoms with van der Waals surface area (Å²) in [5.74, 6) is -0.990. The second-order valence-electron chi connectivity index (χ2n) is 3.27. The van der Waals surface area contributed by atoms with Crippen LogP contribution in [0.5, 0.6) is 0 Å². The number of rotatable bonds is 3. The molecule has 0 aromatic carbocycles. The molecule has 1 rings (SSSR count). The second-order valence-corrected chi connectivity index (χ2v) is 3.27. The first-order valence-electron chi connectivity index (χ1n) is 4.31. The standard InChI is InChI=1S/C8H16N2O2.Na/c1-10(6-8(11)12)7-2-4-9-5-3-7;/h7,9H,2-6H2,1H3,(H,11,12);/q;+1/p-1. The Labute approximate surface area is 101 Å². The number of aliphatic carboxylic acids is 1. The Morgan fingerprint density at radius 3 is 2.54 bits per heavy atom. The van der Waals surface area contributed by atoms with Crippen LogP contribution >= 0.6 is 0 Å². The number of hydrogen-bond donors (Lipinski definition) is 1. The van der Waals surface area contributed by atoms with Gasteiger partial charge in [-0.3, -0.25) is 4.90 Å². The van der Waals surface area contributed by atoms with E-state index in [0.29, 0.717) is 6.04 Å². The molecule has 1 fully saturated rings. The van der Waals surface area contributed by atoms with Crippen molar-refractivity contribution in [3.05, 3.63) is 0 Å². The molecule has 0 aromatic heterocycles. The molecule has 0 atom stereocenters. The molecule has 0 saturated carbocycles. The van der Waals surface area contributed by atoms with Crippen molar-refractivity contribution in [1.29, 1.82) is 0 Å². The number of carboxylic acid groups (broad SMARTS) is 1. The Bertz CT molecular complexity index is 160. The molecule has 4 nitrogen and oxygen atoms in total. The maximum absolute atomic E-state index is 10.3. The molecule has 70 valence electrons. The van der Waals surface area contributed by atoms with Gasteiger partial charge in [0.1, 0.15) is 0 Å². The van der Waals surface area contributed by atoms with Crippen LogP contribution in [0.3, 0.4) is 0 Å². The number of likely N-dealkylation sites (N-methyl/N-ethyl adjacent to an activating group) is 1. The fraction of sp³-hybridized carbons (Fsp3) is 0.875. The van der Waals surface area contributed by atoms with E-state index in [2.05, 4.69) is 5.32 Å². The number of hydrogen-bond acceptors (Lipinski definition) is 4. The maximum atomic E-state index is 10.3. The van der Waals surface area contributed by atoms with Gasteiger partial charge in [0, 0.05) is 12.6 Å². The molecule has 13 heavy (non-hydrogen) atoms. The maximum Gasteiger partial charge on any atom is 1.00 e. The molecule has 0 spiro atoms. The molecule has 5 heteroatoms. The molecule has 0 amide bonds. The van der Waals surface area contributed by atoms with Crippen LogP contribution in [0.1, 0.15) is 12.8 Å². The Balaban J connectivity index is 0.00000144. The Morgan fingerprint density at radius 1 is 1.54 bits per heavy atom. The van der Waals surface area contributed by atoms with Crippen molar-refractivity contribution < 1.29 is 39.5 Å². The van der Waals surface area contributed by atoms with Gasteiger partial charge in [0.2, 0.25) is 0 Å². The van der Waals surface area contributed by atoms with Crippen LogP contribution in [-0.2, 0) is 4.79 Å². The third-order valence-corrected chi connectivity index (χ3v) is 2.31. The summed E-state index contributed by atoms with van der Waals surface area (Å²) in [5, 5.41) is 13.5. The zero-order chi connectivity index (χ0) is 8.97. The average molecular weight is 194 g/mol. The van der Waals surface area contributed by atoms with Crippen molar-refractivity contribution >= 4 is 5.97 Å². The van der Waals surface area contributed by atoms with Crippen LogP contribution in [0.4, 0.5) is 0 Å². The van der Waals surface area contributed by atoms with Crippen LogP contribution in [0, 0.1) is 0 Å². The monoisotopic (exact) mass is 194 g/mol. The topological polar surface area (TPSA) is 55.4 Å². The van der Waals surface area contributed by atoms with Crippen LogP contribution in [0.2, 0.25) is 0 Å². The van der Waals surface area contributed by atoms with Gasteiger partial charge in [0.25, 0.3) is 0 Å². The first-order chi connectivity index (χ1) is 5.70. The van der Waals surface area contributed by atoms with Crippen molar-refractivity contribution in [2.45, 2.75) is 18.9 Å². The SMILES string of the molecule is CN(CC(=O)[O-])C1CCNCC1.[Na+]. The minimum Gasteiger partial charge on any atom is -0.549 e. The van der Waals surface area contributed by atoms with Crippen molar-refractivity contribution in [3.63, 3.8) is 0 Å². The molecular formula is C8H15N2NaO2. The molecule has 0 unspecified atom stereocenters. The third-order valence-electron chi connectivity index (χ3n) is 2.31. The summed E-state index contributed by atoms with van der Waals surface area (Å²) >= 11 is 0. The molecule has 1 aliphatic rings. The summed E-state index contributed by atoms with van der Waals surface area (Å²) in [5.41, 5.74) is 0. The van der Waals surface area contributed by atoms with Gasteiger partial charge in [-0.15, -0.1) is 0 Å². The summed E-state index contributed by atoms with van der Waals surface area (Å²) in [6.45, 7) is 2.02. The van der Waals surface area contributed by atoms with Crippen LogP contribution < -0.4 is 40.0 Å². The van der Waals surface area contributed by atoms with Gasteiger partial charge in [-0.2, -0.15) is 0 Å². The van der Waals surface area contributed by atoms with E-state index in [-0.39, 0.29) is 36.1 Å². The van der Waals surface area contributed by atoms with E-state index in [0.717, 1.165) is 25.9 Å². The normalized spacial score (nSPS) is 18.3. The number of piperidine rings is 1. The Kier molecular flexibility index (Phi) is 6.99. The van der Waals surface area contributed by atoms with Gasteiger partial charge in [0.05, 0.1) is 5.97 Å². The van der Waals surface area contributed by atoms with Gasteiger partial charge in [0.15, 0.2) is 0 Å². The fourth-order valence-corrected chi connectivity index (χ4v) is 1.58. The zero-order valence-electron chi connectivity index (χ0n) is 8.38. The Hall–Kier alpha value is 0.390. The smallest absolute Gasteiger partial charge is 0.549 e.